The van der Waals surface area contributed by atoms with Crippen LogP contribution in [0.4, 0.5) is 0 Å². The molecule has 3 heteroatoms. The second kappa shape index (κ2) is 8.57. The fourth-order valence-electron chi connectivity index (χ4n) is 6.29. The van der Waals surface area contributed by atoms with E-state index in [1.54, 1.807) is 0 Å². The van der Waals surface area contributed by atoms with Crippen LogP contribution in [0.2, 0.25) is 0 Å². The minimum Gasteiger partial charge on any atom is -0.455 e. The van der Waals surface area contributed by atoms with Gasteiger partial charge in [0.1, 0.15) is 18.5 Å². The lowest BCUT2D eigenvalue weighted by atomic mass is 9.86. The molecule has 5 aromatic rings. The van der Waals surface area contributed by atoms with Crippen molar-refractivity contribution in [2.45, 2.75) is 59.9 Å². The van der Waals surface area contributed by atoms with Crippen LogP contribution < -0.4 is 9.30 Å². The zero-order valence-electron chi connectivity index (χ0n) is 23.5. The van der Waals surface area contributed by atoms with Gasteiger partial charge in [0.2, 0.25) is 11.2 Å². The minimum atomic E-state index is -0.418. The van der Waals surface area contributed by atoms with Gasteiger partial charge in [-0.2, -0.15) is 0 Å². The fourth-order valence-corrected chi connectivity index (χ4v) is 6.29. The number of benzene rings is 4. The summed E-state index contributed by atoms with van der Waals surface area (Å²) >= 11 is 0. The average molecular weight is 500 g/mol. The number of hydrogen-bond acceptors (Lipinski definition) is 1. The van der Waals surface area contributed by atoms with E-state index in [0.717, 1.165) is 35.1 Å². The van der Waals surface area contributed by atoms with E-state index in [2.05, 4.69) is 98.9 Å². The van der Waals surface area contributed by atoms with Crippen LogP contribution in [0.1, 0.15) is 49.9 Å². The Hall–Kier alpha value is -3.90. The molecule has 0 aliphatic carbocycles. The van der Waals surface area contributed by atoms with E-state index in [4.69, 9.17) is 11.3 Å². The van der Waals surface area contributed by atoms with Crippen LogP contribution >= 0.6 is 0 Å². The molecule has 1 aliphatic heterocycles. The van der Waals surface area contributed by atoms with Crippen molar-refractivity contribution in [1.82, 2.24) is 0 Å². The molecule has 0 amide bonds. The van der Waals surface area contributed by atoms with Gasteiger partial charge >= 0.3 is 0 Å². The molecule has 3 nitrogen and oxygen atoms in total. The van der Waals surface area contributed by atoms with Crippen molar-refractivity contribution >= 4 is 32.3 Å². The Morgan fingerprint density at radius 2 is 1.63 bits per heavy atom. The maximum Gasteiger partial charge on any atom is 0.231 e. The van der Waals surface area contributed by atoms with E-state index in [1.165, 1.54) is 55.1 Å². The molecule has 1 aliphatic rings. The van der Waals surface area contributed by atoms with E-state index in [0.29, 0.717) is 5.92 Å². The van der Waals surface area contributed by atoms with Crippen molar-refractivity contribution in [2.75, 3.05) is 0 Å². The van der Waals surface area contributed by atoms with E-state index >= 15 is 0 Å². The average Bonchev–Trinajstić information content (AvgIpc) is 2.88. The Morgan fingerprint density at radius 3 is 2.37 bits per heavy atom. The molecular formula is C35H35N2O+. The van der Waals surface area contributed by atoms with Gasteiger partial charge in [-0.05, 0) is 70.5 Å². The summed E-state index contributed by atoms with van der Waals surface area (Å²) in [6.45, 7) is 20.6. The van der Waals surface area contributed by atoms with Crippen LogP contribution in [0.25, 0.3) is 48.4 Å². The third-order valence-electron chi connectivity index (χ3n) is 8.13. The van der Waals surface area contributed by atoms with Gasteiger partial charge in [-0.3, -0.25) is 0 Å². The third-order valence-corrected chi connectivity index (χ3v) is 8.13. The molecule has 0 atom stereocenters. The second-order valence-corrected chi connectivity index (χ2v) is 12.1. The number of nitrogens with zero attached hydrogens (tertiary/aromatic N) is 2. The normalized spacial score (nSPS) is 12.7. The zero-order chi connectivity index (χ0) is 26.9. The number of hydrogen-bond donors (Lipinski definition) is 0. The monoisotopic (exact) mass is 499 g/mol. The molecule has 0 radical (unpaired) electrons. The van der Waals surface area contributed by atoms with Crippen LogP contribution in [0.5, 0.6) is 11.5 Å². The standard InChI is InChI=1S/C35H35N2O/c1-20(2)15-23-10-12-26-22(4)34-31(21(3)28(26)16-23)33-32-27(13-14-37(33)8)29-17-24(19-35(5,6)36-7)9-11-25(29)18-30(32)38-34/h9-14,16-18,20H,15,19H2,1-6,8H3/q+1. The summed E-state index contributed by atoms with van der Waals surface area (Å²) in [5, 5.41) is 7.31. The molecule has 190 valence electrons. The Balaban J connectivity index is 1.66. The van der Waals surface area contributed by atoms with Crippen molar-refractivity contribution in [1.29, 1.82) is 0 Å². The van der Waals surface area contributed by atoms with Crippen molar-refractivity contribution < 1.29 is 9.30 Å². The Kier molecular flexibility index (Phi) is 5.51. The number of pyridine rings is 1. The maximum atomic E-state index is 7.58. The van der Waals surface area contributed by atoms with E-state index in [-0.39, 0.29) is 0 Å². The third kappa shape index (κ3) is 3.74. The molecule has 0 bridgehead atoms. The van der Waals surface area contributed by atoms with Crippen LogP contribution in [-0.4, -0.2) is 5.54 Å². The molecule has 38 heavy (non-hydrogen) atoms. The molecular weight excluding hydrogens is 464 g/mol. The molecule has 0 saturated carbocycles. The van der Waals surface area contributed by atoms with Crippen LogP contribution in [0.15, 0.2) is 54.7 Å². The van der Waals surface area contributed by atoms with Gasteiger partial charge < -0.3 is 9.58 Å². The van der Waals surface area contributed by atoms with Crippen molar-refractivity contribution in [3.8, 4) is 22.8 Å². The molecule has 2 heterocycles. The quantitative estimate of drug-likeness (QED) is 0.135. The van der Waals surface area contributed by atoms with Gasteiger partial charge in [-0.15, -0.1) is 0 Å². The summed E-state index contributed by atoms with van der Waals surface area (Å²) in [5.74, 6) is 2.50. The van der Waals surface area contributed by atoms with Crippen LogP contribution in [-0.2, 0) is 19.9 Å². The molecule has 6 rings (SSSR count). The highest BCUT2D eigenvalue weighted by Gasteiger charge is 2.33. The van der Waals surface area contributed by atoms with Gasteiger partial charge in [0, 0.05) is 30.9 Å². The van der Waals surface area contributed by atoms with E-state index in [1.807, 2.05) is 13.8 Å². The summed E-state index contributed by atoms with van der Waals surface area (Å²) < 4.78 is 9.05. The number of rotatable bonds is 4. The summed E-state index contributed by atoms with van der Waals surface area (Å²) in [5.41, 5.74) is 7.03. The molecule has 0 N–H and O–H groups in total. The first-order valence-electron chi connectivity index (χ1n) is 13.6. The first-order valence-corrected chi connectivity index (χ1v) is 13.6. The highest BCUT2D eigenvalue weighted by Crippen LogP contribution is 2.51. The summed E-state index contributed by atoms with van der Waals surface area (Å²) in [6, 6.07) is 18.0. The highest BCUT2D eigenvalue weighted by atomic mass is 16.5. The minimum absolute atomic E-state index is 0.418. The second-order valence-electron chi connectivity index (χ2n) is 12.1. The van der Waals surface area contributed by atoms with E-state index in [9.17, 15) is 0 Å². The van der Waals surface area contributed by atoms with Gasteiger partial charge in [-0.25, -0.2) is 11.1 Å². The fraction of sp³-hybridized carbons (Fsp3) is 0.314. The predicted octanol–water partition coefficient (Wildman–Crippen LogP) is 8.80. The van der Waals surface area contributed by atoms with Crippen LogP contribution in [0.3, 0.4) is 0 Å². The Bertz CT molecular complexity index is 1840. The number of ether oxygens (including phenoxy) is 1. The first kappa shape index (κ1) is 24.4. The molecule has 1 aromatic heterocycles. The van der Waals surface area contributed by atoms with Gasteiger partial charge in [0.05, 0.1) is 17.4 Å². The summed E-state index contributed by atoms with van der Waals surface area (Å²) in [4.78, 5) is 3.84. The lowest BCUT2D eigenvalue weighted by Crippen LogP contribution is -2.32. The van der Waals surface area contributed by atoms with Crippen molar-refractivity contribution in [3.63, 3.8) is 0 Å². The summed E-state index contributed by atoms with van der Waals surface area (Å²) in [6.07, 6.45) is 3.98. The largest absolute Gasteiger partial charge is 0.455 e. The predicted molar refractivity (Wildman–Crippen MR) is 158 cm³/mol. The Labute approximate surface area is 225 Å². The molecule has 0 spiro atoms. The molecule has 0 unspecified atom stereocenters. The van der Waals surface area contributed by atoms with Gasteiger partial charge in [-0.1, -0.05) is 50.2 Å². The summed E-state index contributed by atoms with van der Waals surface area (Å²) in [7, 11) is 2.14. The van der Waals surface area contributed by atoms with Crippen molar-refractivity contribution in [3.05, 3.63) is 88.4 Å². The lowest BCUT2D eigenvalue weighted by molar-refractivity contribution is -0.659. The molecule has 4 aromatic carbocycles. The molecule has 0 fully saturated rings. The van der Waals surface area contributed by atoms with Gasteiger partial charge in [0.15, 0.2) is 6.20 Å². The SMILES string of the molecule is [C-]#[N+]C(C)(C)Cc1ccc2cc3c4c([n+](C)ccc4c2c1)-c1c(c(C)c2ccc(CC(C)C)cc2c1C)O3. The maximum absolute atomic E-state index is 7.58. The lowest BCUT2D eigenvalue weighted by Gasteiger charge is -2.25. The first-order chi connectivity index (χ1) is 18.1. The molecule has 0 saturated heterocycles. The zero-order valence-corrected chi connectivity index (χ0v) is 23.5. The van der Waals surface area contributed by atoms with Crippen molar-refractivity contribution in [2.24, 2.45) is 13.0 Å². The number of aryl methyl sites for hydroxylation is 3. The number of aromatic nitrogens is 1. The number of fused-ring (bicyclic) bond motifs is 5. The van der Waals surface area contributed by atoms with Gasteiger partial charge in [0.25, 0.3) is 0 Å². The van der Waals surface area contributed by atoms with E-state index < -0.39 is 5.54 Å². The van der Waals surface area contributed by atoms with Crippen LogP contribution in [0, 0.1) is 26.3 Å². The Morgan fingerprint density at radius 1 is 0.895 bits per heavy atom. The topological polar surface area (TPSA) is 17.5 Å². The smallest absolute Gasteiger partial charge is 0.231 e. The highest BCUT2D eigenvalue weighted by molar-refractivity contribution is 6.16.